The smallest absolute Gasteiger partial charge is 0.115 e. The van der Waals surface area contributed by atoms with Crippen molar-refractivity contribution >= 4 is 0 Å². The molecule has 2 aliphatic rings. The Bertz CT molecular complexity index is 1220. The van der Waals surface area contributed by atoms with Crippen molar-refractivity contribution in [1.29, 1.82) is 0 Å². The van der Waals surface area contributed by atoms with Crippen molar-refractivity contribution in [2.45, 2.75) is 51.0 Å². The van der Waals surface area contributed by atoms with Crippen LogP contribution in [0.1, 0.15) is 53.5 Å². The molecule has 0 spiro atoms. The lowest BCUT2D eigenvalue weighted by atomic mass is 9.97. The lowest BCUT2D eigenvalue weighted by Crippen LogP contribution is -2.05. The van der Waals surface area contributed by atoms with E-state index < -0.39 is 0 Å². The van der Waals surface area contributed by atoms with Gasteiger partial charge in [0.15, 0.2) is 0 Å². The number of imidazole rings is 1. The van der Waals surface area contributed by atoms with Crippen molar-refractivity contribution in [2.24, 2.45) is 0 Å². The van der Waals surface area contributed by atoms with Crippen molar-refractivity contribution < 1.29 is 0 Å². The number of H-pyrrole nitrogens is 1. The molecule has 3 heterocycles. The largest absolute Gasteiger partial charge is 0.336 e. The Morgan fingerprint density at radius 3 is 2.83 bits per heavy atom. The van der Waals surface area contributed by atoms with Gasteiger partial charge in [0.1, 0.15) is 11.4 Å². The van der Waals surface area contributed by atoms with Crippen LogP contribution in [-0.4, -0.2) is 29.9 Å². The topological polar surface area (TPSA) is 72.3 Å². The van der Waals surface area contributed by atoms with Crippen LogP contribution in [0.3, 0.4) is 0 Å². The van der Waals surface area contributed by atoms with Crippen molar-refractivity contribution in [3.05, 3.63) is 71.4 Å². The summed E-state index contributed by atoms with van der Waals surface area (Å²) in [7, 11) is 0. The lowest BCUT2D eigenvalue weighted by molar-refractivity contribution is 0.555. The normalized spacial score (nSPS) is 18.0. The number of nitrogens with one attached hydrogen (secondary N) is 1. The van der Waals surface area contributed by atoms with Crippen molar-refractivity contribution in [2.75, 3.05) is 0 Å². The van der Waals surface area contributed by atoms with E-state index in [0.717, 1.165) is 40.8 Å². The minimum Gasteiger partial charge on any atom is -0.336 e. The van der Waals surface area contributed by atoms with E-state index in [0.29, 0.717) is 5.92 Å². The molecule has 0 amide bonds. The molecule has 6 nitrogen and oxygen atoms in total. The first-order valence-electron chi connectivity index (χ1n) is 10.7. The molecule has 6 heteroatoms. The Kier molecular flexibility index (Phi) is 4.04. The minimum absolute atomic E-state index is 0.567. The zero-order valence-electron chi connectivity index (χ0n) is 17.0. The Morgan fingerprint density at radius 2 is 2.00 bits per heavy atom. The van der Waals surface area contributed by atoms with E-state index >= 15 is 0 Å². The monoisotopic (exact) mass is 396 g/mol. The van der Waals surface area contributed by atoms with E-state index in [1.807, 2.05) is 31.6 Å². The summed E-state index contributed by atoms with van der Waals surface area (Å²) in [6.45, 7) is 2.94. The molecule has 4 aromatic rings. The highest BCUT2D eigenvalue weighted by Gasteiger charge is 2.28. The first-order chi connectivity index (χ1) is 14.7. The molecule has 0 aliphatic heterocycles. The van der Waals surface area contributed by atoms with E-state index in [2.05, 4.69) is 54.3 Å². The fraction of sp³-hybridized carbons (Fsp3) is 0.333. The van der Waals surface area contributed by atoms with Crippen LogP contribution in [0.25, 0.3) is 22.6 Å². The predicted molar refractivity (Wildman–Crippen MR) is 115 cm³/mol. The number of hydrogen-bond acceptors (Lipinski definition) is 4. The molecule has 6 rings (SSSR count). The van der Waals surface area contributed by atoms with E-state index in [-0.39, 0.29) is 0 Å². The van der Waals surface area contributed by atoms with Gasteiger partial charge in [0.2, 0.25) is 0 Å². The maximum absolute atomic E-state index is 4.64. The third kappa shape index (κ3) is 3.12. The summed E-state index contributed by atoms with van der Waals surface area (Å²) in [5, 5.41) is 11.0. The van der Waals surface area contributed by atoms with Crippen molar-refractivity contribution in [3.8, 4) is 22.6 Å². The van der Waals surface area contributed by atoms with Gasteiger partial charge in [0, 0.05) is 30.4 Å². The number of pyridine rings is 1. The van der Waals surface area contributed by atoms with E-state index in [1.54, 1.807) is 5.56 Å². The molecule has 1 fully saturated rings. The molecule has 30 heavy (non-hydrogen) atoms. The van der Waals surface area contributed by atoms with Crippen molar-refractivity contribution in [1.82, 2.24) is 29.9 Å². The van der Waals surface area contributed by atoms with Crippen LogP contribution in [0.2, 0.25) is 0 Å². The van der Waals surface area contributed by atoms with Gasteiger partial charge in [-0.25, -0.2) is 4.98 Å². The molecule has 0 radical (unpaired) electrons. The number of nitrogens with zero attached hydrogens (tertiary/aromatic N) is 5. The van der Waals surface area contributed by atoms with Gasteiger partial charge in [-0.1, -0.05) is 23.4 Å². The van der Waals surface area contributed by atoms with Crippen LogP contribution in [-0.2, 0) is 13.0 Å². The van der Waals surface area contributed by atoms with Crippen molar-refractivity contribution in [3.63, 3.8) is 0 Å². The van der Waals surface area contributed by atoms with Crippen LogP contribution >= 0.6 is 0 Å². The van der Waals surface area contributed by atoms with Gasteiger partial charge in [0.25, 0.3) is 0 Å². The summed E-state index contributed by atoms with van der Waals surface area (Å²) in [5.74, 6) is 1.38. The molecular formula is C24H24N6. The lowest BCUT2D eigenvalue weighted by Gasteiger charge is -2.13. The van der Waals surface area contributed by atoms with Gasteiger partial charge in [-0.05, 0) is 67.3 Å². The summed E-state index contributed by atoms with van der Waals surface area (Å²) in [4.78, 5) is 9.18. The number of benzene rings is 1. The zero-order chi connectivity index (χ0) is 20.1. The molecule has 0 bridgehead atoms. The SMILES string of the molecule is Cc1[nH]nnc1-c1ccnc(-c2cn(C[C@@H]3CCc4ccc(C5CC5)cc43)cn2)c1. The molecule has 0 unspecified atom stereocenters. The highest BCUT2D eigenvalue weighted by atomic mass is 15.3. The standard InChI is InChI=1S/C24H24N6/c1-15-24(28-29-27-15)19-8-9-25-22(11-19)23-13-30(14-26-23)12-20-7-5-17-4-6-18(10-21(17)20)16-2-3-16/h4,6,8-11,13-14,16,20H,2-3,5,7,12H2,1H3,(H,27,28,29)/t20-/m0/s1. The molecule has 1 aromatic carbocycles. The fourth-order valence-corrected chi connectivity index (χ4v) is 4.68. The Labute approximate surface area is 175 Å². The second-order valence-electron chi connectivity index (χ2n) is 8.64. The number of hydrogen-bond donors (Lipinski definition) is 1. The third-order valence-electron chi connectivity index (χ3n) is 6.50. The summed E-state index contributed by atoms with van der Waals surface area (Å²) in [5.41, 5.74) is 9.17. The molecule has 150 valence electrons. The highest BCUT2D eigenvalue weighted by molar-refractivity contribution is 5.67. The Hall–Kier alpha value is -3.28. The number of aryl methyl sites for hydroxylation is 2. The van der Waals surface area contributed by atoms with Gasteiger partial charge in [-0.2, -0.15) is 0 Å². The Balaban J connectivity index is 1.24. The summed E-state index contributed by atoms with van der Waals surface area (Å²) in [6, 6.07) is 11.2. The second-order valence-corrected chi connectivity index (χ2v) is 8.64. The first-order valence-corrected chi connectivity index (χ1v) is 10.7. The number of aromatic nitrogens is 6. The van der Waals surface area contributed by atoms with E-state index in [9.17, 15) is 0 Å². The minimum atomic E-state index is 0.567. The fourth-order valence-electron chi connectivity index (χ4n) is 4.68. The number of aromatic amines is 1. The predicted octanol–water partition coefficient (Wildman–Crippen LogP) is 4.65. The molecule has 0 saturated heterocycles. The van der Waals surface area contributed by atoms with Gasteiger partial charge in [-0.15, -0.1) is 5.10 Å². The summed E-state index contributed by atoms with van der Waals surface area (Å²) in [6.07, 6.45) is 11.0. The molecule has 1 saturated carbocycles. The van der Waals surface area contributed by atoms with E-state index in [1.165, 1.54) is 36.8 Å². The average molecular weight is 396 g/mol. The number of fused-ring (bicyclic) bond motifs is 1. The van der Waals surface area contributed by atoms with Crippen LogP contribution in [0.5, 0.6) is 0 Å². The quantitative estimate of drug-likeness (QED) is 0.533. The van der Waals surface area contributed by atoms with Crippen LogP contribution in [0.15, 0.2) is 49.1 Å². The van der Waals surface area contributed by atoms with Crippen LogP contribution in [0.4, 0.5) is 0 Å². The van der Waals surface area contributed by atoms with Gasteiger partial charge >= 0.3 is 0 Å². The van der Waals surface area contributed by atoms with Crippen LogP contribution in [0, 0.1) is 6.92 Å². The maximum atomic E-state index is 4.64. The number of rotatable bonds is 5. The van der Waals surface area contributed by atoms with Gasteiger partial charge in [0.05, 0.1) is 17.7 Å². The molecule has 2 aliphatic carbocycles. The first kappa shape index (κ1) is 17.6. The average Bonchev–Trinajstić information content (AvgIpc) is 3.17. The van der Waals surface area contributed by atoms with E-state index in [4.69, 9.17) is 0 Å². The second kappa shape index (κ2) is 6.90. The molecule has 1 N–H and O–H groups in total. The maximum Gasteiger partial charge on any atom is 0.115 e. The van der Waals surface area contributed by atoms with Crippen LogP contribution < -0.4 is 0 Å². The summed E-state index contributed by atoms with van der Waals surface area (Å²) < 4.78 is 2.22. The third-order valence-corrected chi connectivity index (χ3v) is 6.50. The zero-order valence-corrected chi connectivity index (χ0v) is 17.0. The van der Waals surface area contributed by atoms with Gasteiger partial charge < -0.3 is 4.57 Å². The highest BCUT2D eigenvalue weighted by Crippen LogP contribution is 2.43. The van der Waals surface area contributed by atoms with Gasteiger partial charge in [-0.3, -0.25) is 10.1 Å². The molecular weight excluding hydrogens is 372 g/mol. The molecule has 1 atom stereocenters. The molecule has 3 aromatic heterocycles. The Morgan fingerprint density at radius 1 is 1.07 bits per heavy atom. The summed E-state index contributed by atoms with van der Waals surface area (Å²) >= 11 is 0.